The highest BCUT2D eigenvalue weighted by molar-refractivity contribution is 9.10. The molecule has 2 heterocycles. The minimum Gasteiger partial charge on any atom is -0.340 e. The quantitative estimate of drug-likeness (QED) is 0.627. The molecule has 0 radical (unpaired) electrons. The maximum absolute atomic E-state index is 12.6. The highest BCUT2D eigenvalue weighted by Crippen LogP contribution is 2.17. The molecule has 2 aromatic heterocycles. The molecule has 0 aliphatic carbocycles. The van der Waals surface area contributed by atoms with Gasteiger partial charge in [0.1, 0.15) is 6.54 Å². The molecule has 136 valence electrons. The van der Waals surface area contributed by atoms with Crippen molar-refractivity contribution in [1.82, 2.24) is 23.6 Å². The van der Waals surface area contributed by atoms with E-state index in [4.69, 9.17) is 0 Å². The van der Waals surface area contributed by atoms with Crippen molar-refractivity contribution in [3.8, 4) is 0 Å². The van der Waals surface area contributed by atoms with Crippen molar-refractivity contribution in [2.24, 2.45) is 14.1 Å². The van der Waals surface area contributed by atoms with Crippen molar-refractivity contribution in [2.45, 2.75) is 13.1 Å². The average Bonchev–Trinajstić information content (AvgIpc) is 3.03. The number of hydrogen-bond acceptors (Lipinski definition) is 4. The largest absolute Gasteiger partial charge is 0.340 e. The van der Waals surface area contributed by atoms with Crippen LogP contribution in [0.4, 0.5) is 0 Å². The van der Waals surface area contributed by atoms with Crippen LogP contribution in [0, 0.1) is 0 Å². The van der Waals surface area contributed by atoms with Crippen LogP contribution in [0.1, 0.15) is 5.56 Å². The second kappa shape index (κ2) is 6.91. The van der Waals surface area contributed by atoms with Crippen molar-refractivity contribution >= 4 is 33.0 Å². The molecule has 8 nitrogen and oxygen atoms in total. The van der Waals surface area contributed by atoms with Gasteiger partial charge in [-0.2, -0.15) is 0 Å². The van der Waals surface area contributed by atoms with Gasteiger partial charge < -0.3 is 9.47 Å². The molecule has 9 heteroatoms. The van der Waals surface area contributed by atoms with Crippen molar-refractivity contribution in [2.75, 3.05) is 7.05 Å². The maximum atomic E-state index is 12.6. The van der Waals surface area contributed by atoms with Crippen molar-refractivity contribution in [3.05, 3.63) is 61.5 Å². The number of carbonyl (C=O) groups excluding carboxylic acids is 1. The zero-order valence-corrected chi connectivity index (χ0v) is 16.2. The summed E-state index contributed by atoms with van der Waals surface area (Å²) < 4.78 is 4.71. The van der Waals surface area contributed by atoms with Crippen LogP contribution in [0.5, 0.6) is 0 Å². The van der Waals surface area contributed by atoms with E-state index in [9.17, 15) is 14.4 Å². The van der Waals surface area contributed by atoms with E-state index in [0.29, 0.717) is 6.54 Å². The summed E-state index contributed by atoms with van der Waals surface area (Å²) in [4.78, 5) is 42.7. The third kappa shape index (κ3) is 3.10. The molecule has 0 saturated carbocycles. The van der Waals surface area contributed by atoms with E-state index in [1.54, 1.807) is 19.0 Å². The Morgan fingerprint density at radius 1 is 1.19 bits per heavy atom. The van der Waals surface area contributed by atoms with Gasteiger partial charge in [-0.25, -0.2) is 9.78 Å². The van der Waals surface area contributed by atoms with Gasteiger partial charge in [-0.3, -0.25) is 18.7 Å². The fourth-order valence-corrected chi connectivity index (χ4v) is 3.16. The lowest BCUT2D eigenvalue weighted by Gasteiger charge is -2.18. The molecule has 0 bridgehead atoms. The second-order valence-electron chi connectivity index (χ2n) is 6.09. The van der Waals surface area contributed by atoms with Gasteiger partial charge in [-0.15, -0.1) is 0 Å². The molecule has 0 aliphatic rings. The summed E-state index contributed by atoms with van der Waals surface area (Å²) in [5, 5.41) is 0. The molecule has 3 rings (SSSR count). The standard InChI is InChI=1S/C17H18BrN5O3/c1-20(8-11-6-4-5-7-12(11)18)13(24)9-23-10-19-15-14(23)16(25)22(3)17(26)21(15)2/h4-7,10H,8-9H2,1-3H3. The normalized spacial score (nSPS) is 11.1. The lowest BCUT2D eigenvalue weighted by atomic mass is 10.2. The van der Waals surface area contributed by atoms with Crippen molar-refractivity contribution < 1.29 is 4.79 Å². The number of hydrogen-bond donors (Lipinski definition) is 0. The number of benzene rings is 1. The Bertz CT molecular complexity index is 1110. The van der Waals surface area contributed by atoms with E-state index in [1.807, 2.05) is 24.3 Å². The van der Waals surface area contributed by atoms with Crippen LogP contribution in [0.25, 0.3) is 11.2 Å². The fraction of sp³-hybridized carbons (Fsp3) is 0.294. The Labute approximate surface area is 157 Å². The van der Waals surface area contributed by atoms with Gasteiger partial charge in [0.2, 0.25) is 5.91 Å². The lowest BCUT2D eigenvalue weighted by molar-refractivity contribution is -0.131. The van der Waals surface area contributed by atoms with Gasteiger partial charge in [0, 0.05) is 32.2 Å². The van der Waals surface area contributed by atoms with Crippen LogP contribution >= 0.6 is 15.9 Å². The summed E-state index contributed by atoms with van der Waals surface area (Å²) in [5.74, 6) is -0.170. The molecule has 0 atom stereocenters. The van der Waals surface area contributed by atoms with Crippen LogP contribution < -0.4 is 11.2 Å². The van der Waals surface area contributed by atoms with E-state index in [1.165, 1.54) is 22.5 Å². The SMILES string of the molecule is CN(Cc1ccccc1Br)C(=O)Cn1cnc2c1c(=O)n(C)c(=O)n2C. The first-order valence-corrected chi connectivity index (χ1v) is 8.68. The molecule has 26 heavy (non-hydrogen) atoms. The number of fused-ring (bicyclic) bond motifs is 1. The van der Waals surface area contributed by atoms with E-state index in [0.717, 1.165) is 14.6 Å². The van der Waals surface area contributed by atoms with Crippen LogP contribution in [0.15, 0.2) is 44.7 Å². The first-order valence-electron chi connectivity index (χ1n) is 7.89. The van der Waals surface area contributed by atoms with Gasteiger partial charge >= 0.3 is 5.69 Å². The maximum Gasteiger partial charge on any atom is 0.332 e. The highest BCUT2D eigenvalue weighted by atomic mass is 79.9. The van der Waals surface area contributed by atoms with Crippen molar-refractivity contribution in [3.63, 3.8) is 0 Å². The first kappa shape index (κ1) is 18.1. The van der Waals surface area contributed by atoms with Gasteiger partial charge in [0.05, 0.1) is 6.33 Å². The minimum atomic E-state index is -0.471. The monoisotopic (exact) mass is 419 g/mol. The van der Waals surface area contributed by atoms with Gasteiger partial charge in [-0.05, 0) is 11.6 Å². The number of aromatic nitrogens is 4. The predicted molar refractivity (Wildman–Crippen MR) is 101 cm³/mol. The van der Waals surface area contributed by atoms with Gasteiger partial charge in [0.25, 0.3) is 5.56 Å². The van der Waals surface area contributed by atoms with Crippen molar-refractivity contribution in [1.29, 1.82) is 0 Å². The third-order valence-corrected chi connectivity index (χ3v) is 5.09. The minimum absolute atomic E-state index is 0.0368. The molecular formula is C17H18BrN5O3. The second-order valence-corrected chi connectivity index (χ2v) is 6.95. The van der Waals surface area contributed by atoms with E-state index in [2.05, 4.69) is 20.9 Å². The summed E-state index contributed by atoms with van der Waals surface area (Å²) in [6.45, 7) is 0.397. The summed E-state index contributed by atoms with van der Waals surface area (Å²) in [5.41, 5.74) is 0.556. The number of carbonyl (C=O) groups is 1. The van der Waals surface area contributed by atoms with Crippen LogP contribution in [-0.4, -0.2) is 36.5 Å². The number of imidazole rings is 1. The number of amides is 1. The highest BCUT2D eigenvalue weighted by Gasteiger charge is 2.18. The predicted octanol–water partition coefficient (Wildman–Crippen LogP) is 0.855. The fourth-order valence-electron chi connectivity index (χ4n) is 2.75. The summed E-state index contributed by atoms with van der Waals surface area (Å²) >= 11 is 3.47. The Balaban J connectivity index is 1.89. The summed E-state index contributed by atoms with van der Waals surface area (Å²) in [6.07, 6.45) is 1.41. The summed E-state index contributed by atoms with van der Waals surface area (Å²) in [6, 6.07) is 7.67. The summed E-state index contributed by atoms with van der Waals surface area (Å²) in [7, 11) is 4.65. The lowest BCUT2D eigenvalue weighted by Crippen LogP contribution is -2.38. The van der Waals surface area contributed by atoms with Gasteiger partial charge in [-0.1, -0.05) is 34.1 Å². The van der Waals surface area contributed by atoms with Crippen LogP contribution in [0.3, 0.4) is 0 Å². The Kier molecular flexibility index (Phi) is 4.82. The van der Waals surface area contributed by atoms with Crippen LogP contribution in [0.2, 0.25) is 0 Å². The molecule has 0 saturated heterocycles. The van der Waals surface area contributed by atoms with E-state index in [-0.39, 0.29) is 23.6 Å². The molecule has 0 N–H and O–H groups in total. The number of likely N-dealkylation sites (N-methyl/N-ethyl adjacent to an activating group) is 1. The molecule has 0 spiro atoms. The number of rotatable bonds is 4. The molecule has 1 amide bonds. The smallest absolute Gasteiger partial charge is 0.332 e. The molecule has 3 aromatic rings. The zero-order chi connectivity index (χ0) is 19.0. The Morgan fingerprint density at radius 3 is 2.58 bits per heavy atom. The number of nitrogens with zero attached hydrogens (tertiary/aromatic N) is 5. The molecule has 0 unspecified atom stereocenters. The molecule has 0 fully saturated rings. The molecular weight excluding hydrogens is 402 g/mol. The third-order valence-electron chi connectivity index (χ3n) is 4.31. The number of aryl methyl sites for hydroxylation is 1. The Morgan fingerprint density at radius 2 is 1.88 bits per heavy atom. The zero-order valence-electron chi connectivity index (χ0n) is 14.6. The topological polar surface area (TPSA) is 82.1 Å². The van der Waals surface area contributed by atoms with E-state index >= 15 is 0 Å². The Hall–Kier alpha value is -2.68. The van der Waals surface area contributed by atoms with Crippen LogP contribution in [-0.2, 0) is 32.0 Å². The number of halogens is 1. The average molecular weight is 420 g/mol. The first-order chi connectivity index (χ1) is 12.3. The molecule has 1 aromatic carbocycles. The van der Waals surface area contributed by atoms with Gasteiger partial charge in [0.15, 0.2) is 11.2 Å². The molecule has 0 aliphatic heterocycles. The van der Waals surface area contributed by atoms with E-state index < -0.39 is 11.2 Å².